The zero-order chi connectivity index (χ0) is 23.6. The molecule has 1 atom stereocenters. The number of ketones is 1. The SMILES string of the molecule is CC(C)C(=O)C1CCCCC1.CCC(C)CCOCCOCCNC(=O)c1ccccc1. The second kappa shape index (κ2) is 17.8. The third kappa shape index (κ3) is 13.0. The summed E-state index contributed by atoms with van der Waals surface area (Å²) in [6, 6.07) is 9.17. The Morgan fingerprint density at radius 1 is 0.938 bits per heavy atom. The van der Waals surface area contributed by atoms with Crippen LogP contribution in [0, 0.1) is 17.8 Å². The van der Waals surface area contributed by atoms with Crippen molar-refractivity contribution in [2.24, 2.45) is 17.8 Å². The lowest BCUT2D eigenvalue weighted by Crippen LogP contribution is -2.27. The van der Waals surface area contributed by atoms with Crippen LogP contribution in [0.15, 0.2) is 30.3 Å². The number of carbonyl (C=O) groups excluding carboxylic acids is 2. The van der Waals surface area contributed by atoms with E-state index >= 15 is 0 Å². The molecule has 182 valence electrons. The van der Waals surface area contributed by atoms with Gasteiger partial charge in [-0.05, 0) is 37.3 Å². The quantitative estimate of drug-likeness (QED) is 0.395. The van der Waals surface area contributed by atoms with Crippen molar-refractivity contribution in [3.05, 3.63) is 35.9 Å². The Labute approximate surface area is 195 Å². The number of nitrogens with one attached hydrogen (secondary N) is 1. The van der Waals surface area contributed by atoms with E-state index < -0.39 is 0 Å². The molecule has 0 aromatic heterocycles. The predicted molar refractivity (Wildman–Crippen MR) is 131 cm³/mol. The van der Waals surface area contributed by atoms with Crippen LogP contribution in [-0.4, -0.2) is 44.7 Å². The number of ether oxygens (including phenoxy) is 2. The highest BCUT2D eigenvalue weighted by atomic mass is 16.5. The van der Waals surface area contributed by atoms with Crippen molar-refractivity contribution in [1.29, 1.82) is 0 Å². The molecule has 5 heteroatoms. The first-order chi connectivity index (χ1) is 15.5. The van der Waals surface area contributed by atoms with Crippen LogP contribution < -0.4 is 5.32 Å². The van der Waals surface area contributed by atoms with E-state index in [1.54, 1.807) is 12.1 Å². The molecule has 1 aliphatic carbocycles. The predicted octanol–water partition coefficient (Wildman–Crippen LogP) is 5.68. The van der Waals surface area contributed by atoms with Crippen LogP contribution in [0.1, 0.15) is 83.0 Å². The van der Waals surface area contributed by atoms with Crippen LogP contribution in [0.25, 0.3) is 0 Å². The van der Waals surface area contributed by atoms with Crippen molar-refractivity contribution >= 4 is 11.7 Å². The molecule has 1 amide bonds. The van der Waals surface area contributed by atoms with Gasteiger partial charge in [-0.1, -0.05) is 71.6 Å². The van der Waals surface area contributed by atoms with Crippen molar-refractivity contribution in [2.45, 2.75) is 72.6 Å². The molecule has 1 saturated carbocycles. The molecule has 1 aromatic carbocycles. The Balaban J connectivity index is 0.000000389. The summed E-state index contributed by atoms with van der Waals surface area (Å²) in [6.07, 6.45) is 8.47. The topological polar surface area (TPSA) is 64.6 Å². The second-order valence-corrected chi connectivity index (χ2v) is 9.04. The fraction of sp³-hybridized carbons (Fsp3) is 0.704. The van der Waals surface area contributed by atoms with Crippen molar-refractivity contribution in [3.8, 4) is 0 Å². The summed E-state index contributed by atoms with van der Waals surface area (Å²) in [7, 11) is 0. The lowest BCUT2D eigenvalue weighted by Gasteiger charge is -2.21. The van der Waals surface area contributed by atoms with Crippen molar-refractivity contribution < 1.29 is 19.1 Å². The average Bonchev–Trinajstić information content (AvgIpc) is 2.83. The fourth-order valence-corrected chi connectivity index (χ4v) is 3.60. The van der Waals surface area contributed by atoms with Gasteiger partial charge in [-0.25, -0.2) is 0 Å². The molecule has 1 fully saturated rings. The summed E-state index contributed by atoms with van der Waals surface area (Å²) in [6.45, 7) is 11.4. The summed E-state index contributed by atoms with van der Waals surface area (Å²) in [4.78, 5) is 23.2. The van der Waals surface area contributed by atoms with E-state index in [1.807, 2.05) is 32.0 Å². The molecule has 32 heavy (non-hydrogen) atoms. The lowest BCUT2D eigenvalue weighted by atomic mass is 9.83. The Kier molecular flexibility index (Phi) is 15.7. The number of hydrogen-bond acceptors (Lipinski definition) is 4. The molecule has 2 rings (SSSR count). The van der Waals surface area contributed by atoms with E-state index in [0.29, 0.717) is 43.6 Å². The fourth-order valence-electron chi connectivity index (χ4n) is 3.60. The zero-order valence-corrected chi connectivity index (χ0v) is 20.7. The Hall–Kier alpha value is -1.72. The molecule has 0 saturated heterocycles. The summed E-state index contributed by atoms with van der Waals surface area (Å²) in [5, 5.41) is 2.82. The number of carbonyl (C=O) groups is 2. The van der Waals surface area contributed by atoms with Crippen LogP contribution in [0.5, 0.6) is 0 Å². The molecule has 5 nitrogen and oxygen atoms in total. The number of rotatable bonds is 13. The molecule has 0 heterocycles. The molecule has 1 aromatic rings. The maximum Gasteiger partial charge on any atom is 0.251 e. The first-order valence-corrected chi connectivity index (χ1v) is 12.5. The van der Waals surface area contributed by atoms with Crippen LogP contribution >= 0.6 is 0 Å². The summed E-state index contributed by atoms with van der Waals surface area (Å²) < 4.78 is 10.9. The number of benzene rings is 1. The number of hydrogen-bond donors (Lipinski definition) is 1. The Morgan fingerprint density at radius 2 is 1.56 bits per heavy atom. The molecule has 0 spiro atoms. The smallest absolute Gasteiger partial charge is 0.251 e. The van der Waals surface area contributed by atoms with Gasteiger partial charge in [0.2, 0.25) is 0 Å². The molecular weight excluding hydrogens is 402 g/mol. The van der Waals surface area contributed by atoms with Crippen LogP contribution in [-0.2, 0) is 14.3 Å². The van der Waals surface area contributed by atoms with Gasteiger partial charge < -0.3 is 14.8 Å². The molecule has 1 aliphatic rings. The van der Waals surface area contributed by atoms with Gasteiger partial charge in [-0.15, -0.1) is 0 Å². The first kappa shape index (κ1) is 28.3. The highest BCUT2D eigenvalue weighted by Gasteiger charge is 2.22. The van der Waals surface area contributed by atoms with E-state index in [2.05, 4.69) is 19.2 Å². The first-order valence-electron chi connectivity index (χ1n) is 12.5. The maximum atomic E-state index is 11.7. The molecule has 0 radical (unpaired) electrons. The van der Waals surface area contributed by atoms with Gasteiger partial charge in [-0.3, -0.25) is 9.59 Å². The van der Waals surface area contributed by atoms with E-state index in [9.17, 15) is 9.59 Å². The van der Waals surface area contributed by atoms with Gasteiger partial charge in [0.1, 0.15) is 5.78 Å². The van der Waals surface area contributed by atoms with E-state index in [1.165, 1.54) is 25.7 Å². The van der Waals surface area contributed by atoms with Gasteiger partial charge >= 0.3 is 0 Å². The summed E-state index contributed by atoms with van der Waals surface area (Å²) in [5.74, 6) is 1.80. The van der Waals surface area contributed by atoms with Crippen molar-refractivity contribution in [2.75, 3.05) is 33.0 Å². The number of Topliss-reactive ketones (excluding diaryl/α,β-unsaturated/α-hetero) is 1. The Bertz CT molecular complexity index is 611. The lowest BCUT2D eigenvalue weighted by molar-refractivity contribution is -0.126. The minimum atomic E-state index is -0.0657. The second-order valence-electron chi connectivity index (χ2n) is 9.04. The van der Waals surface area contributed by atoms with Crippen LogP contribution in [0.2, 0.25) is 0 Å². The molecule has 0 aliphatic heterocycles. The molecular formula is C27H45NO4. The van der Waals surface area contributed by atoms with Gasteiger partial charge in [0.05, 0.1) is 19.8 Å². The van der Waals surface area contributed by atoms with Crippen molar-refractivity contribution in [3.63, 3.8) is 0 Å². The minimum absolute atomic E-state index is 0.0657. The van der Waals surface area contributed by atoms with Crippen LogP contribution in [0.3, 0.4) is 0 Å². The van der Waals surface area contributed by atoms with Gasteiger partial charge in [0.15, 0.2) is 0 Å². The third-order valence-corrected chi connectivity index (χ3v) is 5.97. The zero-order valence-electron chi connectivity index (χ0n) is 20.7. The monoisotopic (exact) mass is 447 g/mol. The van der Waals surface area contributed by atoms with Crippen molar-refractivity contribution in [1.82, 2.24) is 5.32 Å². The standard InChI is InChI=1S/C17H27NO3.C10H18O/c1-3-15(2)9-11-20-13-14-21-12-10-18-17(19)16-7-5-4-6-8-16;1-8(2)10(11)9-6-4-3-5-7-9/h4-8,15H,3,9-14H2,1-2H3,(H,18,19);8-9H,3-7H2,1-2H3. The largest absolute Gasteiger partial charge is 0.379 e. The van der Waals surface area contributed by atoms with E-state index in [4.69, 9.17) is 9.47 Å². The Morgan fingerprint density at radius 3 is 2.16 bits per heavy atom. The highest BCUT2D eigenvalue weighted by molar-refractivity contribution is 5.94. The van der Waals surface area contributed by atoms with E-state index in [0.717, 1.165) is 31.8 Å². The average molecular weight is 448 g/mol. The minimum Gasteiger partial charge on any atom is -0.379 e. The molecule has 1 unspecified atom stereocenters. The summed E-state index contributed by atoms with van der Waals surface area (Å²) in [5.41, 5.74) is 0.672. The van der Waals surface area contributed by atoms with Crippen LogP contribution in [0.4, 0.5) is 0 Å². The molecule has 0 bridgehead atoms. The highest BCUT2D eigenvalue weighted by Crippen LogP contribution is 2.26. The summed E-state index contributed by atoms with van der Waals surface area (Å²) >= 11 is 0. The maximum absolute atomic E-state index is 11.7. The number of amides is 1. The molecule has 1 N–H and O–H groups in total. The normalized spacial score (nSPS) is 15.0. The van der Waals surface area contributed by atoms with Gasteiger partial charge in [-0.2, -0.15) is 0 Å². The van der Waals surface area contributed by atoms with Gasteiger partial charge in [0, 0.05) is 30.6 Å². The van der Waals surface area contributed by atoms with Gasteiger partial charge in [0.25, 0.3) is 5.91 Å². The third-order valence-electron chi connectivity index (χ3n) is 5.97. The van der Waals surface area contributed by atoms with E-state index in [-0.39, 0.29) is 11.8 Å².